The van der Waals surface area contributed by atoms with Crippen molar-refractivity contribution in [3.63, 3.8) is 0 Å². The van der Waals surface area contributed by atoms with Crippen LogP contribution in [0.3, 0.4) is 0 Å². The molecule has 0 aliphatic carbocycles. The molecule has 0 atom stereocenters. The maximum atomic E-state index is 13.4. The van der Waals surface area contributed by atoms with Gasteiger partial charge in [0.1, 0.15) is 11.4 Å². The lowest BCUT2D eigenvalue weighted by molar-refractivity contribution is -0.141. The second kappa shape index (κ2) is 9.18. The van der Waals surface area contributed by atoms with Gasteiger partial charge in [0.2, 0.25) is 12.7 Å². The lowest BCUT2D eigenvalue weighted by Gasteiger charge is -2.11. The molecule has 4 rings (SSSR count). The zero-order chi connectivity index (χ0) is 23.6. The summed E-state index contributed by atoms with van der Waals surface area (Å²) in [5.41, 5.74) is 0.534. The van der Waals surface area contributed by atoms with Gasteiger partial charge in [-0.1, -0.05) is 17.8 Å². The van der Waals surface area contributed by atoms with E-state index in [0.29, 0.717) is 17.1 Å². The number of hydrogen-bond donors (Lipinski definition) is 2. The van der Waals surface area contributed by atoms with Crippen molar-refractivity contribution >= 4 is 23.4 Å². The van der Waals surface area contributed by atoms with Gasteiger partial charge in [-0.2, -0.15) is 13.2 Å². The molecule has 2 N–H and O–H groups in total. The van der Waals surface area contributed by atoms with E-state index in [2.05, 4.69) is 15.3 Å². The Balaban J connectivity index is 1.48. The van der Waals surface area contributed by atoms with Crippen LogP contribution in [0.4, 0.5) is 18.9 Å². The number of ether oxygens (including phenoxy) is 2. The van der Waals surface area contributed by atoms with E-state index in [1.165, 1.54) is 6.07 Å². The molecule has 1 aliphatic rings. The van der Waals surface area contributed by atoms with Crippen LogP contribution in [0, 0.1) is 6.92 Å². The highest BCUT2D eigenvalue weighted by Crippen LogP contribution is 2.37. The first-order valence-electron chi connectivity index (χ1n) is 9.77. The number of hydrogen-bond acceptors (Lipinski definition) is 7. The minimum Gasteiger partial charge on any atom is -0.506 e. The Morgan fingerprint density at radius 2 is 1.91 bits per heavy atom. The molecule has 0 saturated carbocycles. The minimum atomic E-state index is -4.66. The summed E-state index contributed by atoms with van der Waals surface area (Å²) in [5, 5.41) is 12.3. The van der Waals surface area contributed by atoms with Crippen LogP contribution < -0.4 is 14.8 Å². The Labute approximate surface area is 191 Å². The number of phenolic OH excluding ortho intramolecular Hbond substituents is 1. The fourth-order valence-electron chi connectivity index (χ4n) is 3.04. The molecule has 0 unspecified atom stereocenters. The highest BCUT2D eigenvalue weighted by Gasteiger charge is 2.34. The van der Waals surface area contributed by atoms with Gasteiger partial charge in [-0.05, 0) is 48.9 Å². The van der Waals surface area contributed by atoms with E-state index in [4.69, 9.17) is 9.47 Å². The van der Waals surface area contributed by atoms with Gasteiger partial charge in [0, 0.05) is 17.7 Å². The van der Waals surface area contributed by atoms with Crippen LogP contribution in [0.5, 0.6) is 17.2 Å². The third kappa shape index (κ3) is 5.48. The molecule has 172 valence electrons. The van der Waals surface area contributed by atoms with Crippen LogP contribution in [0.2, 0.25) is 0 Å². The fraction of sp³-hybridized carbons (Fsp3) is 0.227. The quantitative estimate of drug-likeness (QED) is 0.292. The van der Waals surface area contributed by atoms with Crippen LogP contribution in [0.1, 0.15) is 17.7 Å². The number of fused-ring (bicyclic) bond motifs is 1. The normalized spacial score (nSPS) is 12.6. The van der Waals surface area contributed by atoms with E-state index in [0.717, 1.165) is 23.4 Å². The van der Waals surface area contributed by atoms with Crippen LogP contribution >= 0.6 is 11.8 Å². The number of halogens is 3. The number of rotatable bonds is 6. The monoisotopic (exact) mass is 477 g/mol. The average Bonchev–Trinajstić information content (AvgIpc) is 3.23. The van der Waals surface area contributed by atoms with Crippen LogP contribution in [0.25, 0.3) is 11.3 Å². The summed E-state index contributed by atoms with van der Waals surface area (Å²) in [5.74, 6) is 0.594. The second-order valence-corrected chi connectivity index (χ2v) is 8.22. The van der Waals surface area contributed by atoms with Crippen molar-refractivity contribution in [1.29, 1.82) is 0 Å². The van der Waals surface area contributed by atoms with E-state index >= 15 is 0 Å². The third-order valence-electron chi connectivity index (χ3n) is 4.65. The second-order valence-electron chi connectivity index (χ2n) is 7.15. The van der Waals surface area contributed by atoms with Gasteiger partial charge in [-0.25, -0.2) is 9.97 Å². The van der Waals surface area contributed by atoms with Crippen molar-refractivity contribution in [1.82, 2.24) is 9.97 Å². The molecule has 3 aromatic rings. The van der Waals surface area contributed by atoms with Crippen LogP contribution in [-0.4, -0.2) is 33.5 Å². The number of anilines is 1. The Kier molecular flexibility index (Phi) is 6.32. The molecule has 0 spiro atoms. The number of aromatic hydroxyl groups is 1. The molecule has 11 heteroatoms. The van der Waals surface area contributed by atoms with Gasteiger partial charge in [-0.3, -0.25) is 4.79 Å². The molecule has 0 radical (unpaired) electrons. The topological polar surface area (TPSA) is 93.6 Å². The Morgan fingerprint density at radius 3 is 2.70 bits per heavy atom. The lowest BCUT2D eigenvalue weighted by Crippen LogP contribution is -2.13. The Morgan fingerprint density at radius 1 is 1.12 bits per heavy atom. The van der Waals surface area contributed by atoms with E-state index in [1.54, 1.807) is 30.3 Å². The number of thioether (sulfide) groups is 1. The lowest BCUT2D eigenvalue weighted by atomic mass is 10.1. The largest absolute Gasteiger partial charge is 0.506 e. The first-order valence-corrected chi connectivity index (χ1v) is 10.8. The number of carbonyl (C=O) groups excluding carboxylic acids is 1. The van der Waals surface area contributed by atoms with Gasteiger partial charge in [0.15, 0.2) is 16.7 Å². The summed E-state index contributed by atoms with van der Waals surface area (Å²) in [6.07, 6.45) is -4.68. The fourth-order valence-corrected chi connectivity index (χ4v) is 3.83. The average molecular weight is 477 g/mol. The van der Waals surface area contributed by atoms with Gasteiger partial charge in [0.25, 0.3) is 0 Å². The van der Waals surface area contributed by atoms with Crippen molar-refractivity contribution in [2.75, 3.05) is 17.9 Å². The summed E-state index contributed by atoms with van der Waals surface area (Å²) in [6, 6.07) is 10.4. The van der Waals surface area contributed by atoms with Gasteiger partial charge >= 0.3 is 6.18 Å². The number of carbonyl (C=O) groups is 1. The highest BCUT2D eigenvalue weighted by atomic mass is 32.2. The first kappa shape index (κ1) is 22.7. The van der Waals surface area contributed by atoms with Crippen molar-refractivity contribution in [2.24, 2.45) is 0 Å². The molecule has 0 fully saturated rings. The standard InChI is InChI=1S/C22H18F3N3O4S/c1-12-2-4-16(29)15(8-12)26-20(30)6-7-33-21-27-14(10-19(28-21)22(23,24)25)13-3-5-17-18(9-13)32-11-31-17/h2-5,8-10,29H,6-7,11H2,1H3,(H,26,30). The molecular weight excluding hydrogens is 459 g/mol. The number of aryl methyl sites for hydroxylation is 1. The summed E-state index contributed by atoms with van der Waals surface area (Å²) < 4.78 is 50.8. The molecule has 0 bridgehead atoms. The Hall–Kier alpha value is -3.47. The molecular formula is C22H18F3N3O4S. The van der Waals surface area contributed by atoms with E-state index in [-0.39, 0.29) is 41.3 Å². The molecule has 33 heavy (non-hydrogen) atoms. The molecule has 2 heterocycles. The summed E-state index contributed by atoms with van der Waals surface area (Å²) in [6.45, 7) is 1.85. The predicted octanol–water partition coefficient (Wildman–Crippen LogP) is 5.03. The van der Waals surface area contributed by atoms with Crippen LogP contribution in [-0.2, 0) is 11.0 Å². The van der Waals surface area contributed by atoms with Gasteiger partial charge in [-0.15, -0.1) is 0 Å². The zero-order valence-electron chi connectivity index (χ0n) is 17.3. The maximum Gasteiger partial charge on any atom is 0.433 e. The number of aromatic nitrogens is 2. The van der Waals surface area contributed by atoms with E-state index in [9.17, 15) is 23.1 Å². The first-order chi connectivity index (χ1) is 15.7. The molecule has 1 aliphatic heterocycles. The number of amides is 1. The highest BCUT2D eigenvalue weighted by molar-refractivity contribution is 7.99. The number of benzene rings is 2. The van der Waals surface area contributed by atoms with Gasteiger partial charge < -0.3 is 19.9 Å². The summed E-state index contributed by atoms with van der Waals surface area (Å²) >= 11 is 0.930. The summed E-state index contributed by atoms with van der Waals surface area (Å²) in [4.78, 5) is 20.0. The van der Waals surface area contributed by atoms with E-state index in [1.807, 2.05) is 6.92 Å². The van der Waals surface area contributed by atoms with Crippen molar-refractivity contribution in [3.05, 3.63) is 53.7 Å². The van der Waals surface area contributed by atoms with E-state index < -0.39 is 17.8 Å². The molecule has 0 saturated heterocycles. The summed E-state index contributed by atoms with van der Waals surface area (Å²) in [7, 11) is 0. The molecule has 1 aromatic heterocycles. The third-order valence-corrected chi connectivity index (χ3v) is 5.50. The van der Waals surface area contributed by atoms with Crippen molar-refractivity contribution < 1.29 is 32.5 Å². The molecule has 1 amide bonds. The van der Waals surface area contributed by atoms with Crippen molar-refractivity contribution in [2.45, 2.75) is 24.7 Å². The van der Waals surface area contributed by atoms with Crippen LogP contribution in [0.15, 0.2) is 47.6 Å². The molecule has 2 aromatic carbocycles. The maximum absolute atomic E-state index is 13.4. The predicted molar refractivity (Wildman–Crippen MR) is 115 cm³/mol. The minimum absolute atomic E-state index is 0.0169. The Bertz CT molecular complexity index is 1200. The smallest absolute Gasteiger partial charge is 0.433 e. The van der Waals surface area contributed by atoms with Crippen molar-refractivity contribution in [3.8, 4) is 28.5 Å². The number of alkyl halides is 3. The number of nitrogens with zero attached hydrogens (tertiary/aromatic N) is 2. The number of phenols is 1. The van der Waals surface area contributed by atoms with Gasteiger partial charge in [0.05, 0.1) is 11.4 Å². The molecule has 7 nitrogen and oxygen atoms in total. The SMILES string of the molecule is Cc1ccc(O)c(NC(=O)CCSc2nc(-c3ccc4c(c3)OCO4)cc(C(F)(F)F)n2)c1. The number of nitrogens with one attached hydrogen (secondary N) is 1. The zero-order valence-corrected chi connectivity index (χ0v) is 18.1.